The number of rotatable bonds is 3. The number of phenols is 2. The third-order valence-electron chi connectivity index (χ3n) is 1.75. The van der Waals surface area contributed by atoms with Crippen LogP contribution >= 0.6 is 0 Å². The SMILES string of the molecule is CC(C)COC(=O)c1ccc(O)cc1O. The molecule has 0 atom stereocenters. The maximum atomic E-state index is 11.4. The summed E-state index contributed by atoms with van der Waals surface area (Å²) in [5.41, 5.74) is 0.0634. The Labute approximate surface area is 88.1 Å². The van der Waals surface area contributed by atoms with Crippen molar-refractivity contribution in [3.63, 3.8) is 0 Å². The van der Waals surface area contributed by atoms with Crippen LogP contribution < -0.4 is 0 Å². The van der Waals surface area contributed by atoms with Gasteiger partial charge in [-0.15, -0.1) is 0 Å². The molecule has 0 fully saturated rings. The van der Waals surface area contributed by atoms with E-state index in [2.05, 4.69) is 0 Å². The van der Waals surface area contributed by atoms with E-state index in [1.807, 2.05) is 13.8 Å². The lowest BCUT2D eigenvalue weighted by molar-refractivity contribution is 0.0455. The molecule has 1 aromatic carbocycles. The average molecular weight is 210 g/mol. The average Bonchev–Trinajstić information content (AvgIpc) is 2.14. The van der Waals surface area contributed by atoms with Crippen LogP contribution in [0.2, 0.25) is 0 Å². The Bertz CT molecular complexity index is 358. The van der Waals surface area contributed by atoms with E-state index in [0.29, 0.717) is 6.61 Å². The summed E-state index contributed by atoms with van der Waals surface area (Å²) in [6.45, 7) is 4.15. The molecule has 0 unspecified atom stereocenters. The predicted octanol–water partition coefficient (Wildman–Crippen LogP) is 1.91. The van der Waals surface area contributed by atoms with E-state index < -0.39 is 5.97 Å². The summed E-state index contributed by atoms with van der Waals surface area (Å²) < 4.78 is 4.93. The number of aromatic hydroxyl groups is 2. The Kier molecular flexibility index (Phi) is 3.55. The molecule has 0 aliphatic carbocycles. The zero-order valence-electron chi connectivity index (χ0n) is 8.73. The quantitative estimate of drug-likeness (QED) is 0.748. The second-order valence-electron chi connectivity index (χ2n) is 3.69. The number of carbonyl (C=O) groups excluding carboxylic acids is 1. The van der Waals surface area contributed by atoms with Crippen molar-refractivity contribution in [3.8, 4) is 11.5 Å². The molecule has 15 heavy (non-hydrogen) atoms. The number of carbonyl (C=O) groups is 1. The second-order valence-corrected chi connectivity index (χ2v) is 3.69. The van der Waals surface area contributed by atoms with Crippen LogP contribution in [0.25, 0.3) is 0 Å². The summed E-state index contributed by atoms with van der Waals surface area (Å²) in [5.74, 6) is -0.703. The minimum atomic E-state index is -0.582. The lowest BCUT2D eigenvalue weighted by atomic mass is 10.2. The maximum absolute atomic E-state index is 11.4. The second kappa shape index (κ2) is 4.68. The zero-order chi connectivity index (χ0) is 11.4. The summed E-state index contributed by atoms with van der Waals surface area (Å²) >= 11 is 0. The van der Waals surface area contributed by atoms with E-state index in [9.17, 15) is 9.90 Å². The highest BCUT2D eigenvalue weighted by Gasteiger charge is 2.13. The molecular formula is C11H14O4. The van der Waals surface area contributed by atoms with Gasteiger partial charge >= 0.3 is 5.97 Å². The number of hydrogen-bond donors (Lipinski definition) is 2. The van der Waals surface area contributed by atoms with E-state index in [-0.39, 0.29) is 23.0 Å². The fraction of sp³-hybridized carbons (Fsp3) is 0.364. The van der Waals surface area contributed by atoms with E-state index >= 15 is 0 Å². The number of hydrogen-bond acceptors (Lipinski definition) is 4. The topological polar surface area (TPSA) is 66.8 Å². The summed E-state index contributed by atoms with van der Waals surface area (Å²) in [6, 6.07) is 3.75. The van der Waals surface area contributed by atoms with Crippen molar-refractivity contribution in [1.82, 2.24) is 0 Å². The summed E-state index contributed by atoms with van der Waals surface area (Å²) in [4.78, 5) is 11.4. The first kappa shape index (κ1) is 11.4. The Hall–Kier alpha value is -1.71. The van der Waals surface area contributed by atoms with Gasteiger partial charge in [0.2, 0.25) is 0 Å². The molecule has 0 heterocycles. The first-order valence-electron chi connectivity index (χ1n) is 4.70. The van der Waals surface area contributed by atoms with Crippen molar-refractivity contribution in [2.24, 2.45) is 5.92 Å². The van der Waals surface area contributed by atoms with Gasteiger partial charge in [-0.05, 0) is 18.1 Å². The van der Waals surface area contributed by atoms with Gasteiger partial charge in [-0.2, -0.15) is 0 Å². The highest BCUT2D eigenvalue weighted by atomic mass is 16.5. The van der Waals surface area contributed by atoms with Gasteiger partial charge in [-0.25, -0.2) is 4.79 Å². The number of esters is 1. The van der Waals surface area contributed by atoms with Crippen molar-refractivity contribution >= 4 is 5.97 Å². The molecule has 0 saturated heterocycles. The minimum absolute atomic E-state index is 0.0634. The number of phenolic OH excluding ortho intramolecular Hbond substituents is 2. The molecule has 4 nitrogen and oxygen atoms in total. The fourth-order valence-electron chi connectivity index (χ4n) is 1.01. The van der Waals surface area contributed by atoms with Gasteiger partial charge in [0, 0.05) is 6.07 Å². The normalized spacial score (nSPS) is 10.3. The summed E-state index contributed by atoms with van der Waals surface area (Å²) in [7, 11) is 0. The van der Waals surface area contributed by atoms with E-state index in [1.165, 1.54) is 12.1 Å². The molecule has 2 N–H and O–H groups in total. The Morgan fingerprint density at radius 1 is 1.40 bits per heavy atom. The van der Waals surface area contributed by atoms with Crippen LogP contribution in [0.15, 0.2) is 18.2 Å². The van der Waals surface area contributed by atoms with Crippen molar-refractivity contribution in [2.75, 3.05) is 6.61 Å². The lowest BCUT2D eigenvalue weighted by Gasteiger charge is -2.08. The smallest absolute Gasteiger partial charge is 0.341 e. The van der Waals surface area contributed by atoms with Gasteiger partial charge < -0.3 is 14.9 Å². The van der Waals surface area contributed by atoms with E-state index in [0.717, 1.165) is 6.07 Å². The van der Waals surface area contributed by atoms with Gasteiger partial charge in [-0.1, -0.05) is 13.8 Å². The van der Waals surface area contributed by atoms with Crippen LogP contribution in [-0.4, -0.2) is 22.8 Å². The Morgan fingerprint density at radius 2 is 2.07 bits per heavy atom. The molecule has 1 aromatic rings. The van der Waals surface area contributed by atoms with Crippen LogP contribution in [0.3, 0.4) is 0 Å². The maximum Gasteiger partial charge on any atom is 0.341 e. The first-order valence-corrected chi connectivity index (χ1v) is 4.70. The molecule has 0 amide bonds. The molecule has 0 aliphatic heterocycles. The highest BCUT2D eigenvalue weighted by molar-refractivity contribution is 5.92. The van der Waals surface area contributed by atoms with Crippen molar-refractivity contribution in [2.45, 2.75) is 13.8 Å². The highest BCUT2D eigenvalue weighted by Crippen LogP contribution is 2.23. The van der Waals surface area contributed by atoms with Crippen LogP contribution in [-0.2, 0) is 4.74 Å². The molecule has 0 bridgehead atoms. The fourth-order valence-corrected chi connectivity index (χ4v) is 1.01. The number of benzene rings is 1. The number of ether oxygens (including phenoxy) is 1. The van der Waals surface area contributed by atoms with Crippen LogP contribution in [0, 0.1) is 5.92 Å². The molecule has 0 aliphatic rings. The van der Waals surface area contributed by atoms with Gasteiger partial charge in [0.25, 0.3) is 0 Å². The van der Waals surface area contributed by atoms with Crippen molar-refractivity contribution < 1.29 is 19.7 Å². The minimum Gasteiger partial charge on any atom is -0.508 e. The monoisotopic (exact) mass is 210 g/mol. The van der Waals surface area contributed by atoms with Crippen molar-refractivity contribution in [1.29, 1.82) is 0 Å². The third kappa shape index (κ3) is 3.16. The van der Waals surface area contributed by atoms with Crippen molar-refractivity contribution in [3.05, 3.63) is 23.8 Å². The largest absolute Gasteiger partial charge is 0.508 e. The van der Waals surface area contributed by atoms with Gasteiger partial charge in [0.15, 0.2) is 0 Å². The zero-order valence-corrected chi connectivity index (χ0v) is 8.73. The summed E-state index contributed by atoms with van der Waals surface area (Å²) in [6.07, 6.45) is 0. The van der Waals surface area contributed by atoms with E-state index in [4.69, 9.17) is 9.84 Å². The van der Waals surface area contributed by atoms with Crippen LogP contribution in [0.5, 0.6) is 11.5 Å². The van der Waals surface area contributed by atoms with E-state index in [1.54, 1.807) is 0 Å². The van der Waals surface area contributed by atoms with Gasteiger partial charge in [0.05, 0.1) is 6.61 Å². The lowest BCUT2D eigenvalue weighted by Crippen LogP contribution is -2.10. The molecule has 4 heteroatoms. The standard InChI is InChI=1S/C11H14O4/c1-7(2)6-15-11(14)9-4-3-8(12)5-10(9)13/h3-5,7,12-13H,6H2,1-2H3. The first-order chi connectivity index (χ1) is 7.00. The molecule has 1 rings (SSSR count). The Morgan fingerprint density at radius 3 is 2.60 bits per heavy atom. The predicted molar refractivity (Wildman–Crippen MR) is 54.9 cm³/mol. The molecule has 0 aromatic heterocycles. The van der Waals surface area contributed by atoms with Crippen LogP contribution in [0.4, 0.5) is 0 Å². The van der Waals surface area contributed by atoms with Crippen LogP contribution in [0.1, 0.15) is 24.2 Å². The molecule has 0 spiro atoms. The van der Waals surface area contributed by atoms with Gasteiger partial charge in [0.1, 0.15) is 17.1 Å². The summed E-state index contributed by atoms with van der Waals surface area (Å²) in [5, 5.41) is 18.4. The molecular weight excluding hydrogens is 196 g/mol. The Balaban J connectivity index is 2.74. The third-order valence-corrected chi connectivity index (χ3v) is 1.75. The molecule has 0 radical (unpaired) electrons. The van der Waals surface area contributed by atoms with Gasteiger partial charge in [-0.3, -0.25) is 0 Å². The molecule has 82 valence electrons. The molecule has 0 saturated carbocycles.